The molecule has 0 aromatic rings. The van der Waals surface area contributed by atoms with E-state index < -0.39 is 0 Å². The Hall–Kier alpha value is -0.120. The minimum absolute atomic E-state index is 0.401. The lowest BCUT2D eigenvalue weighted by Gasteiger charge is -2.37. The largest absolute Gasteiger partial charge is 0.373 e. The molecule has 2 heterocycles. The van der Waals surface area contributed by atoms with E-state index in [1.54, 1.807) is 0 Å². The Labute approximate surface area is 93.2 Å². The number of hydrogen-bond acceptors (Lipinski definition) is 3. The van der Waals surface area contributed by atoms with Crippen molar-refractivity contribution >= 4 is 0 Å². The zero-order valence-corrected chi connectivity index (χ0v) is 10.2. The highest BCUT2D eigenvalue weighted by molar-refractivity contribution is 4.84. The van der Waals surface area contributed by atoms with Crippen LogP contribution in [0.1, 0.15) is 27.2 Å². The number of ether oxygens (including phenoxy) is 1. The van der Waals surface area contributed by atoms with Gasteiger partial charge >= 0.3 is 0 Å². The molecule has 0 radical (unpaired) electrons. The van der Waals surface area contributed by atoms with Gasteiger partial charge in [0.05, 0.1) is 12.2 Å². The van der Waals surface area contributed by atoms with Gasteiger partial charge in [0.15, 0.2) is 0 Å². The molecule has 0 amide bonds. The van der Waals surface area contributed by atoms with Gasteiger partial charge in [0.25, 0.3) is 0 Å². The third kappa shape index (κ3) is 2.92. The van der Waals surface area contributed by atoms with E-state index in [-0.39, 0.29) is 0 Å². The SMILES string of the molecule is CC1NCCC1CN1C[C@@H](C)O[C@@H](C)C1. The quantitative estimate of drug-likeness (QED) is 0.741. The molecule has 4 atom stereocenters. The van der Waals surface area contributed by atoms with E-state index >= 15 is 0 Å². The Morgan fingerprint density at radius 3 is 2.40 bits per heavy atom. The summed E-state index contributed by atoms with van der Waals surface area (Å²) in [6.07, 6.45) is 2.14. The lowest BCUT2D eigenvalue weighted by Crippen LogP contribution is -2.48. The minimum atomic E-state index is 0.401. The van der Waals surface area contributed by atoms with E-state index in [1.165, 1.54) is 19.5 Å². The van der Waals surface area contributed by atoms with Crippen LogP contribution in [0.2, 0.25) is 0 Å². The number of hydrogen-bond donors (Lipinski definition) is 1. The molecular weight excluding hydrogens is 188 g/mol. The first-order valence-electron chi connectivity index (χ1n) is 6.26. The molecular formula is C12H24N2O. The summed E-state index contributed by atoms with van der Waals surface area (Å²) < 4.78 is 5.75. The van der Waals surface area contributed by atoms with Crippen LogP contribution in [0.4, 0.5) is 0 Å². The standard InChI is InChI=1S/C12H24N2O/c1-9-6-14(7-10(2)15-9)8-12-4-5-13-11(12)3/h9-13H,4-8H2,1-3H3/t9-,10+,11?,12?. The first-order chi connectivity index (χ1) is 7.15. The van der Waals surface area contributed by atoms with Crippen molar-refractivity contribution in [1.82, 2.24) is 10.2 Å². The molecule has 0 bridgehead atoms. The Balaban J connectivity index is 1.83. The topological polar surface area (TPSA) is 24.5 Å². The maximum Gasteiger partial charge on any atom is 0.0678 e. The summed E-state index contributed by atoms with van der Waals surface area (Å²) in [7, 11) is 0. The smallest absolute Gasteiger partial charge is 0.0678 e. The molecule has 0 spiro atoms. The molecule has 2 saturated heterocycles. The van der Waals surface area contributed by atoms with Crippen LogP contribution in [0.15, 0.2) is 0 Å². The first-order valence-corrected chi connectivity index (χ1v) is 6.26. The lowest BCUT2D eigenvalue weighted by atomic mass is 10.0. The molecule has 0 saturated carbocycles. The van der Waals surface area contributed by atoms with E-state index in [9.17, 15) is 0 Å². The fraction of sp³-hybridized carbons (Fsp3) is 1.00. The summed E-state index contributed by atoms with van der Waals surface area (Å²) in [6, 6.07) is 0.693. The zero-order valence-electron chi connectivity index (χ0n) is 10.2. The second-order valence-corrected chi connectivity index (χ2v) is 5.27. The van der Waals surface area contributed by atoms with Crippen molar-refractivity contribution in [2.45, 2.75) is 45.4 Å². The molecule has 2 aliphatic rings. The highest BCUT2D eigenvalue weighted by atomic mass is 16.5. The predicted molar refractivity (Wildman–Crippen MR) is 62.0 cm³/mol. The molecule has 1 N–H and O–H groups in total. The first kappa shape index (κ1) is 11.4. The van der Waals surface area contributed by atoms with Crippen LogP contribution in [-0.4, -0.2) is 49.3 Å². The highest BCUT2D eigenvalue weighted by Crippen LogP contribution is 2.19. The normalized spacial score (nSPS) is 43.4. The summed E-state index contributed by atoms with van der Waals surface area (Å²) in [4.78, 5) is 2.58. The summed E-state index contributed by atoms with van der Waals surface area (Å²) in [6.45, 7) is 11.3. The van der Waals surface area contributed by atoms with Crippen LogP contribution in [0.3, 0.4) is 0 Å². The number of rotatable bonds is 2. The van der Waals surface area contributed by atoms with Gasteiger partial charge in [0.2, 0.25) is 0 Å². The van der Waals surface area contributed by atoms with Crippen molar-refractivity contribution in [2.24, 2.45) is 5.92 Å². The summed E-state index contributed by atoms with van der Waals surface area (Å²) in [5.41, 5.74) is 0. The monoisotopic (exact) mass is 212 g/mol. The molecule has 0 aliphatic carbocycles. The second-order valence-electron chi connectivity index (χ2n) is 5.27. The molecule has 2 unspecified atom stereocenters. The Kier molecular flexibility index (Phi) is 3.65. The molecule has 0 aromatic carbocycles. The van der Waals surface area contributed by atoms with Gasteiger partial charge < -0.3 is 10.1 Å². The second kappa shape index (κ2) is 4.81. The van der Waals surface area contributed by atoms with Crippen LogP contribution in [0.25, 0.3) is 0 Å². The van der Waals surface area contributed by atoms with Crippen LogP contribution in [-0.2, 0) is 4.74 Å². The number of morpholine rings is 1. The van der Waals surface area contributed by atoms with Crippen molar-refractivity contribution in [3.8, 4) is 0 Å². The van der Waals surface area contributed by atoms with E-state index in [2.05, 4.69) is 31.0 Å². The van der Waals surface area contributed by atoms with Gasteiger partial charge in [-0.25, -0.2) is 0 Å². The fourth-order valence-corrected chi connectivity index (χ4v) is 2.93. The minimum Gasteiger partial charge on any atom is -0.373 e. The fourth-order valence-electron chi connectivity index (χ4n) is 2.93. The molecule has 88 valence electrons. The predicted octanol–water partition coefficient (Wildman–Crippen LogP) is 1.09. The van der Waals surface area contributed by atoms with Crippen molar-refractivity contribution in [1.29, 1.82) is 0 Å². The van der Waals surface area contributed by atoms with E-state index in [1.807, 2.05) is 0 Å². The van der Waals surface area contributed by atoms with Gasteiger partial charge in [-0.05, 0) is 39.7 Å². The zero-order chi connectivity index (χ0) is 10.8. The Bertz CT molecular complexity index is 200. The lowest BCUT2D eigenvalue weighted by molar-refractivity contribution is -0.0716. The molecule has 2 aliphatic heterocycles. The van der Waals surface area contributed by atoms with Gasteiger partial charge in [-0.3, -0.25) is 4.90 Å². The third-order valence-electron chi connectivity index (χ3n) is 3.68. The maximum atomic E-state index is 5.75. The Morgan fingerprint density at radius 1 is 1.20 bits per heavy atom. The van der Waals surface area contributed by atoms with Gasteiger partial charge in [-0.15, -0.1) is 0 Å². The van der Waals surface area contributed by atoms with Crippen molar-refractivity contribution in [2.75, 3.05) is 26.2 Å². The van der Waals surface area contributed by atoms with Crippen molar-refractivity contribution in [3.63, 3.8) is 0 Å². The van der Waals surface area contributed by atoms with Crippen LogP contribution < -0.4 is 5.32 Å². The van der Waals surface area contributed by atoms with Crippen molar-refractivity contribution < 1.29 is 4.74 Å². The average Bonchev–Trinajstić information content (AvgIpc) is 2.50. The summed E-state index contributed by atoms with van der Waals surface area (Å²) in [5.74, 6) is 0.836. The Morgan fingerprint density at radius 2 is 1.87 bits per heavy atom. The van der Waals surface area contributed by atoms with E-state index in [4.69, 9.17) is 4.74 Å². The molecule has 2 fully saturated rings. The van der Waals surface area contributed by atoms with Crippen LogP contribution in [0.5, 0.6) is 0 Å². The molecule has 3 nitrogen and oxygen atoms in total. The maximum absolute atomic E-state index is 5.75. The summed E-state index contributed by atoms with van der Waals surface area (Å²) in [5, 5.41) is 3.52. The van der Waals surface area contributed by atoms with Gasteiger partial charge in [0.1, 0.15) is 0 Å². The van der Waals surface area contributed by atoms with Crippen molar-refractivity contribution in [3.05, 3.63) is 0 Å². The molecule has 15 heavy (non-hydrogen) atoms. The molecule has 0 aromatic heterocycles. The third-order valence-corrected chi connectivity index (χ3v) is 3.68. The molecule has 3 heteroatoms. The molecule has 2 rings (SSSR count). The highest BCUT2D eigenvalue weighted by Gasteiger charge is 2.28. The van der Waals surface area contributed by atoms with Crippen LogP contribution in [0, 0.1) is 5.92 Å². The van der Waals surface area contributed by atoms with Gasteiger partial charge in [-0.2, -0.15) is 0 Å². The number of nitrogens with zero attached hydrogens (tertiary/aromatic N) is 1. The van der Waals surface area contributed by atoms with E-state index in [0.717, 1.165) is 19.0 Å². The van der Waals surface area contributed by atoms with Gasteiger partial charge in [0, 0.05) is 25.7 Å². The van der Waals surface area contributed by atoms with Gasteiger partial charge in [-0.1, -0.05) is 0 Å². The van der Waals surface area contributed by atoms with E-state index in [0.29, 0.717) is 18.2 Å². The average molecular weight is 212 g/mol. The summed E-state index contributed by atoms with van der Waals surface area (Å²) >= 11 is 0. The van der Waals surface area contributed by atoms with Crippen LogP contribution >= 0.6 is 0 Å². The number of nitrogens with one attached hydrogen (secondary N) is 1.